The van der Waals surface area contributed by atoms with Gasteiger partial charge in [-0.2, -0.15) is 5.11 Å². The van der Waals surface area contributed by atoms with Crippen LogP contribution in [0.1, 0.15) is 6.42 Å². The highest BCUT2D eigenvalue weighted by molar-refractivity contribution is 5.79. The zero-order valence-electron chi connectivity index (χ0n) is 5.35. The second-order valence-corrected chi connectivity index (χ2v) is 1.75. The van der Waals surface area contributed by atoms with Gasteiger partial charge in [-0.05, 0) is 0 Å². The van der Waals surface area contributed by atoms with Crippen LogP contribution in [0.3, 0.4) is 0 Å². The highest BCUT2D eigenvalue weighted by Crippen LogP contribution is 2.10. The number of ether oxygens (including phenoxy) is 1. The van der Waals surface area contributed by atoms with E-state index in [9.17, 15) is 9.59 Å². The molecule has 58 valence electrons. The van der Waals surface area contributed by atoms with Crippen LogP contribution in [0.5, 0.6) is 0 Å². The van der Waals surface area contributed by atoms with Crippen LogP contribution < -0.4 is 0 Å². The molecule has 0 saturated carbocycles. The van der Waals surface area contributed by atoms with Gasteiger partial charge in [0.15, 0.2) is 0 Å². The van der Waals surface area contributed by atoms with Gasteiger partial charge >= 0.3 is 6.16 Å². The molecule has 6 heteroatoms. The second-order valence-electron chi connectivity index (χ2n) is 1.75. The van der Waals surface area contributed by atoms with E-state index in [1.807, 2.05) is 0 Å². The molecule has 0 aromatic carbocycles. The molecule has 1 N–H and O–H groups in total. The van der Waals surface area contributed by atoms with E-state index in [1.54, 1.807) is 0 Å². The van der Waals surface area contributed by atoms with Crippen molar-refractivity contribution in [2.24, 2.45) is 10.2 Å². The molecule has 1 aliphatic heterocycles. The molecule has 1 aliphatic rings. The van der Waals surface area contributed by atoms with Crippen molar-refractivity contribution >= 4 is 12.1 Å². The molecule has 0 saturated heterocycles. The Kier molecular flexibility index (Phi) is 1.95. The van der Waals surface area contributed by atoms with Crippen LogP contribution in [0, 0.1) is 0 Å². The molecule has 0 bridgehead atoms. The number of azo groups is 1. The summed E-state index contributed by atoms with van der Waals surface area (Å²) in [4.78, 5) is 20.4. The van der Waals surface area contributed by atoms with E-state index < -0.39 is 12.1 Å². The lowest BCUT2D eigenvalue weighted by molar-refractivity contribution is -0.118. The molecule has 0 aromatic heterocycles. The Bertz CT molecular complexity index is 255. The normalized spacial score (nSPS) is 16.0. The summed E-state index contributed by atoms with van der Waals surface area (Å²) >= 11 is 0. The van der Waals surface area contributed by atoms with E-state index in [4.69, 9.17) is 5.11 Å². The molecule has 6 nitrogen and oxygen atoms in total. The van der Waals surface area contributed by atoms with Crippen molar-refractivity contribution in [3.63, 3.8) is 0 Å². The minimum absolute atomic E-state index is 0.00231. The van der Waals surface area contributed by atoms with E-state index in [2.05, 4.69) is 15.0 Å². The maximum atomic E-state index is 10.5. The third-order valence-corrected chi connectivity index (χ3v) is 0.915. The van der Waals surface area contributed by atoms with Crippen LogP contribution in [-0.2, 0) is 9.53 Å². The Balaban J connectivity index is 2.59. The van der Waals surface area contributed by atoms with Gasteiger partial charge in [0.1, 0.15) is 5.76 Å². The molecule has 0 fully saturated rings. The Morgan fingerprint density at radius 2 is 2.45 bits per heavy atom. The Morgan fingerprint density at radius 3 is 3.00 bits per heavy atom. The summed E-state index contributed by atoms with van der Waals surface area (Å²) in [6.07, 6.45) is -0.508. The fraction of sp³-hybridized carbons (Fsp3) is 0.200. The maximum absolute atomic E-state index is 10.5. The van der Waals surface area contributed by atoms with E-state index >= 15 is 0 Å². The average molecular weight is 156 g/mol. The molecule has 0 spiro atoms. The molecule has 0 atom stereocenters. The molecule has 1 rings (SSSR count). The van der Waals surface area contributed by atoms with Crippen molar-refractivity contribution in [3.05, 3.63) is 12.0 Å². The van der Waals surface area contributed by atoms with Crippen molar-refractivity contribution < 1.29 is 19.4 Å². The van der Waals surface area contributed by atoms with Gasteiger partial charge < -0.3 is 9.84 Å². The summed E-state index contributed by atoms with van der Waals surface area (Å²) < 4.78 is 4.16. The van der Waals surface area contributed by atoms with Crippen LogP contribution in [0.4, 0.5) is 4.79 Å². The second kappa shape index (κ2) is 2.91. The van der Waals surface area contributed by atoms with Crippen LogP contribution in [0.25, 0.3) is 0 Å². The van der Waals surface area contributed by atoms with Crippen LogP contribution in [0.15, 0.2) is 22.2 Å². The molecular formula is C5H4N2O4. The van der Waals surface area contributed by atoms with Crippen LogP contribution in [-0.4, -0.2) is 17.2 Å². The predicted molar refractivity (Wildman–Crippen MR) is 31.7 cm³/mol. The van der Waals surface area contributed by atoms with E-state index in [0.717, 1.165) is 6.20 Å². The van der Waals surface area contributed by atoms with Gasteiger partial charge in [0.25, 0.3) is 5.91 Å². The van der Waals surface area contributed by atoms with Crippen LogP contribution >= 0.6 is 0 Å². The standard InChI is InChI=1S/C5H4N2O4/c8-4-1-3(2-6-7-4)11-5(9)10/h2H,1H2,(H,9,10). The number of nitrogens with zero attached hydrogens (tertiary/aromatic N) is 2. The van der Waals surface area contributed by atoms with E-state index in [0.29, 0.717) is 0 Å². The number of amides is 1. The number of carbonyl (C=O) groups is 2. The lowest BCUT2D eigenvalue weighted by atomic mass is 10.3. The van der Waals surface area contributed by atoms with E-state index in [-0.39, 0.29) is 12.2 Å². The molecule has 1 heterocycles. The summed E-state index contributed by atoms with van der Waals surface area (Å²) in [7, 11) is 0. The third-order valence-electron chi connectivity index (χ3n) is 0.915. The molecule has 0 radical (unpaired) electrons. The highest BCUT2D eigenvalue weighted by atomic mass is 16.7. The smallest absolute Gasteiger partial charge is 0.449 e. The largest absolute Gasteiger partial charge is 0.511 e. The highest BCUT2D eigenvalue weighted by Gasteiger charge is 2.12. The van der Waals surface area contributed by atoms with Crippen LogP contribution in [0.2, 0.25) is 0 Å². The third kappa shape index (κ3) is 2.17. The first-order chi connectivity index (χ1) is 5.18. The number of rotatable bonds is 1. The fourth-order valence-electron chi connectivity index (χ4n) is 0.562. The Morgan fingerprint density at radius 1 is 1.73 bits per heavy atom. The summed E-state index contributed by atoms with van der Waals surface area (Å²) in [5.41, 5.74) is 0. The zero-order valence-corrected chi connectivity index (χ0v) is 5.35. The van der Waals surface area contributed by atoms with Gasteiger partial charge in [-0.25, -0.2) is 4.79 Å². The first kappa shape index (κ1) is 7.39. The van der Waals surface area contributed by atoms with Gasteiger partial charge in [-0.3, -0.25) is 4.79 Å². The number of carboxylic acid groups (broad SMARTS) is 1. The number of carbonyl (C=O) groups excluding carboxylic acids is 1. The summed E-state index contributed by atoms with van der Waals surface area (Å²) in [5, 5.41) is 14.4. The van der Waals surface area contributed by atoms with Crippen molar-refractivity contribution in [1.82, 2.24) is 0 Å². The van der Waals surface area contributed by atoms with Crippen molar-refractivity contribution in [2.75, 3.05) is 0 Å². The topological polar surface area (TPSA) is 88.3 Å². The lowest BCUT2D eigenvalue weighted by Crippen LogP contribution is -2.06. The maximum Gasteiger partial charge on any atom is 0.511 e. The van der Waals surface area contributed by atoms with E-state index in [1.165, 1.54) is 0 Å². The predicted octanol–water partition coefficient (Wildman–Crippen LogP) is 0.905. The average Bonchev–Trinajstić information content (AvgIpc) is 1.85. The Hall–Kier alpha value is -1.72. The quantitative estimate of drug-likeness (QED) is 0.571. The van der Waals surface area contributed by atoms with Crippen molar-refractivity contribution in [1.29, 1.82) is 0 Å². The SMILES string of the molecule is O=C1CC(OC(=O)O)=CN=N1. The van der Waals surface area contributed by atoms with Gasteiger partial charge in [-0.15, -0.1) is 5.11 Å². The number of hydrogen-bond donors (Lipinski definition) is 1. The molecule has 11 heavy (non-hydrogen) atoms. The van der Waals surface area contributed by atoms with Crippen molar-refractivity contribution in [2.45, 2.75) is 6.42 Å². The van der Waals surface area contributed by atoms with Gasteiger partial charge in [-0.1, -0.05) is 0 Å². The summed E-state index contributed by atoms with van der Waals surface area (Å²) in [6, 6.07) is 0. The summed E-state index contributed by atoms with van der Waals surface area (Å²) in [5.74, 6) is -0.513. The summed E-state index contributed by atoms with van der Waals surface area (Å²) in [6.45, 7) is 0. The minimum Gasteiger partial charge on any atom is -0.449 e. The van der Waals surface area contributed by atoms with Gasteiger partial charge in [0.2, 0.25) is 0 Å². The minimum atomic E-state index is -1.46. The lowest BCUT2D eigenvalue weighted by Gasteiger charge is -2.02. The monoisotopic (exact) mass is 156 g/mol. The van der Waals surface area contributed by atoms with Crippen molar-refractivity contribution in [3.8, 4) is 0 Å². The van der Waals surface area contributed by atoms with Gasteiger partial charge in [0.05, 0.1) is 12.6 Å². The zero-order chi connectivity index (χ0) is 8.27. The molecule has 0 aromatic rings. The number of hydrogen-bond acceptors (Lipinski definition) is 4. The molecule has 1 amide bonds. The Labute approximate surface area is 61.2 Å². The first-order valence-corrected chi connectivity index (χ1v) is 2.72. The molecular weight excluding hydrogens is 152 g/mol. The molecule has 0 aliphatic carbocycles. The first-order valence-electron chi connectivity index (χ1n) is 2.72. The fourth-order valence-corrected chi connectivity index (χ4v) is 0.562. The molecule has 0 unspecified atom stereocenters. The van der Waals surface area contributed by atoms with Gasteiger partial charge in [0, 0.05) is 0 Å².